The van der Waals surface area contributed by atoms with Crippen LogP contribution >= 0.6 is 23.2 Å². The molecule has 0 spiro atoms. The predicted octanol–water partition coefficient (Wildman–Crippen LogP) is 1.50. The summed E-state index contributed by atoms with van der Waals surface area (Å²) in [6.45, 7) is 0.343. The van der Waals surface area contributed by atoms with Crippen LogP contribution in [-0.4, -0.2) is 15.7 Å². The normalized spacial score (nSPS) is 10.1. The molecule has 1 amide bonds. The van der Waals surface area contributed by atoms with Crippen LogP contribution in [0.5, 0.6) is 0 Å². The molecule has 0 fully saturated rings. The maximum absolute atomic E-state index is 10.9. The van der Waals surface area contributed by atoms with E-state index >= 15 is 0 Å². The number of halogens is 2. The highest BCUT2D eigenvalue weighted by molar-refractivity contribution is 6.53. The quantitative estimate of drug-likeness (QED) is 0.782. The van der Waals surface area contributed by atoms with E-state index in [1.807, 2.05) is 6.07 Å². The molecular weight excluding hydrogens is 211 g/mol. The van der Waals surface area contributed by atoms with Gasteiger partial charge in [-0.15, -0.1) is 0 Å². The number of carbonyl (C=O) groups is 1. The number of amides is 1. The number of hydrogen-bond donors (Lipinski definition) is 1. The van der Waals surface area contributed by atoms with Crippen LogP contribution in [0.2, 0.25) is 0 Å². The first-order chi connectivity index (χ1) is 6.20. The molecule has 0 aliphatic heterocycles. The van der Waals surface area contributed by atoms with Gasteiger partial charge in [0.05, 0.1) is 12.2 Å². The Labute approximate surface area is 86.1 Å². The molecule has 0 aromatic carbocycles. The lowest BCUT2D eigenvalue weighted by atomic mass is 10.3. The van der Waals surface area contributed by atoms with Crippen LogP contribution in [0, 0.1) is 0 Å². The fourth-order valence-corrected chi connectivity index (χ4v) is 0.912. The average Bonchev–Trinajstić information content (AvgIpc) is 2.15. The minimum Gasteiger partial charge on any atom is -0.348 e. The van der Waals surface area contributed by atoms with Gasteiger partial charge in [0.2, 0.25) is 0 Å². The highest BCUT2D eigenvalue weighted by Gasteiger charge is 2.09. The van der Waals surface area contributed by atoms with Crippen LogP contribution in [0.15, 0.2) is 24.4 Å². The fourth-order valence-electron chi connectivity index (χ4n) is 0.758. The van der Waals surface area contributed by atoms with Crippen molar-refractivity contribution in [2.24, 2.45) is 0 Å². The molecule has 1 heterocycles. The first-order valence-corrected chi connectivity index (χ1v) is 4.53. The number of rotatable bonds is 3. The van der Waals surface area contributed by atoms with Gasteiger partial charge in [-0.25, -0.2) is 0 Å². The lowest BCUT2D eigenvalue weighted by Gasteiger charge is -2.03. The molecule has 0 aliphatic carbocycles. The second-order valence-corrected chi connectivity index (χ2v) is 3.44. The van der Waals surface area contributed by atoms with E-state index in [0.717, 1.165) is 5.69 Å². The Balaban J connectivity index is 2.40. The molecular formula is C8H8Cl2N2O. The summed E-state index contributed by atoms with van der Waals surface area (Å²) in [5.41, 5.74) is 0.768. The third-order valence-corrected chi connectivity index (χ3v) is 1.76. The highest BCUT2D eigenvalue weighted by Crippen LogP contribution is 2.01. The smallest absolute Gasteiger partial charge is 0.253 e. The minimum absolute atomic E-state index is 0.343. The van der Waals surface area contributed by atoms with Gasteiger partial charge >= 0.3 is 0 Å². The maximum atomic E-state index is 10.9. The summed E-state index contributed by atoms with van der Waals surface area (Å²) in [6.07, 6.45) is 1.65. The van der Waals surface area contributed by atoms with Gasteiger partial charge in [0.25, 0.3) is 5.91 Å². The van der Waals surface area contributed by atoms with Crippen molar-refractivity contribution >= 4 is 29.1 Å². The van der Waals surface area contributed by atoms with E-state index in [2.05, 4.69) is 10.3 Å². The molecule has 3 nitrogen and oxygen atoms in total. The minimum atomic E-state index is -1.02. The zero-order valence-corrected chi connectivity index (χ0v) is 8.22. The molecule has 70 valence electrons. The maximum Gasteiger partial charge on any atom is 0.253 e. The van der Waals surface area contributed by atoms with E-state index < -0.39 is 10.7 Å². The summed E-state index contributed by atoms with van der Waals surface area (Å²) in [4.78, 5) is 13.9. The van der Waals surface area contributed by atoms with Gasteiger partial charge in [-0.2, -0.15) is 0 Å². The van der Waals surface area contributed by atoms with E-state index in [1.165, 1.54) is 0 Å². The Morgan fingerprint density at radius 2 is 2.31 bits per heavy atom. The summed E-state index contributed by atoms with van der Waals surface area (Å²) >= 11 is 10.7. The van der Waals surface area contributed by atoms with Crippen LogP contribution in [0.1, 0.15) is 5.69 Å². The molecule has 1 aromatic heterocycles. The molecule has 0 radical (unpaired) electrons. The van der Waals surface area contributed by atoms with E-state index in [0.29, 0.717) is 6.54 Å². The molecule has 0 saturated heterocycles. The van der Waals surface area contributed by atoms with Crippen LogP contribution in [0.4, 0.5) is 0 Å². The van der Waals surface area contributed by atoms with Crippen molar-refractivity contribution in [2.45, 2.75) is 11.4 Å². The second kappa shape index (κ2) is 5.04. The molecule has 1 N–H and O–H groups in total. The number of hydrogen-bond acceptors (Lipinski definition) is 2. The van der Waals surface area contributed by atoms with E-state index in [-0.39, 0.29) is 0 Å². The zero-order chi connectivity index (χ0) is 9.68. The summed E-state index contributed by atoms with van der Waals surface area (Å²) in [7, 11) is 0. The Hall–Kier alpha value is -0.800. The highest BCUT2D eigenvalue weighted by atomic mass is 35.5. The van der Waals surface area contributed by atoms with Crippen molar-refractivity contribution in [1.29, 1.82) is 0 Å². The largest absolute Gasteiger partial charge is 0.348 e. The third-order valence-electron chi connectivity index (χ3n) is 1.37. The summed E-state index contributed by atoms with van der Waals surface area (Å²) in [5.74, 6) is -0.408. The Bertz CT molecular complexity index is 277. The molecule has 1 rings (SSSR count). The van der Waals surface area contributed by atoms with Crippen molar-refractivity contribution in [3.8, 4) is 0 Å². The summed E-state index contributed by atoms with van der Waals surface area (Å²) in [5, 5.41) is 2.53. The first kappa shape index (κ1) is 10.3. The Kier molecular flexibility index (Phi) is 3.99. The van der Waals surface area contributed by atoms with Gasteiger partial charge in [0.1, 0.15) is 0 Å². The number of carbonyl (C=O) groups excluding carboxylic acids is 1. The van der Waals surface area contributed by atoms with E-state index in [4.69, 9.17) is 23.2 Å². The van der Waals surface area contributed by atoms with Gasteiger partial charge in [0.15, 0.2) is 4.84 Å². The van der Waals surface area contributed by atoms with Crippen molar-refractivity contribution in [2.75, 3.05) is 0 Å². The standard InChI is InChI=1S/C8H8Cl2N2O/c9-7(10)8(13)12-5-6-3-1-2-4-11-6/h1-4,7H,5H2,(H,12,13). The predicted molar refractivity (Wildman–Crippen MR) is 51.6 cm³/mol. The molecule has 1 aromatic rings. The van der Waals surface area contributed by atoms with Crippen molar-refractivity contribution in [1.82, 2.24) is 10.3 Å². The van der Waals surface area contributed by atoms with Gasteiger partial charge in [0, 0.05) is 6.20 Å². The van der Waals surface area contributed by atoms with E-state index in [1.54, 1.807) is 18.3 Å². The topological polar surface area (TPSA) is 42.0 Å². The van der Waals surface area contributed by atoms with Crippen molar-refractivity contribution in [3.05, 3.63) is 30.1 Å². The number of aromatic nitrogens is 1. The van der Waals surface area contributed by atoms with Crippen LogP contribution in [0.3, 0.4) is 0 Å². The second-order valence-electron chi connectivity index (χ2n) is 2.34. The third kappa shape index (κ3) is 3.61. The van der Waals surface area contributed by atoms with Crippen molar-refractivity contribution in [3.63, 3.8) is 0 Å². The number of nitrogens with zero attached hydrogens (tertiary/aromatic N) is 1. The molecule has 0 saturated carbocycles. The lowest BCUT2D eigenvalue weighted by Crippen LogP contribution is -2.28. The fraction of sp³-hybridized carbons (Fsp3) is 0.250. The van der Waals surface area contributed by atoms with Crippen LogP contribution in [-0.2, 0) is 11.3 Å². The number of alkyl halides is 2. The van der Waals surface area contributed by atoms with Gasteiger partial charge < -0.3 is 5.32 Å². The average molecular weight is 219 g/mol. The van der Waals surface area contributed by atoms with Gasteiger partial charge in [-0.3, -0.25) is 9.78 Å². The molecule has 0 bridgehead atoms. The van der Waals surface area contributed by atoms with Crippen LogP contribution in [0.25, 0.3) is 0 Å². The molecule has 0 atom stereocenters. The Morgan fingerprint density at radius 3 is 2.85 bits per heavy atom. The zero-order valence-electron chi connectivity index (χ0n) is 6.71. The van der Waals surface area contributed by atoms with E-state index in [9.17, 15) is 4.79 Å². The molecule has 5 heteroatoms. The van der Waals surface area contributed by atoms with Crippen molar-refractivity contribution < 1.29 is 4.79 Å². The first-order valence-electron chi connectivity index (χ1n) is 3.66. The molecule has 13 heavy (non-hydrogen) atoms. The monoisotopic (exact) mass is 218 g/mol. The summed E-state index contributed by atoms with van der Waals surface area (Å²) in [6, 6.07) is 5.45. The SMILES string of the molecule is O=C(NCc1ccccn1)C(Cl)Cl. The number of pyridine rings is 1. The Morgan fingerprint density at radius 1 is 1.54 bits per heavy atom. The number of nitrogens with one attached hydrogen (secondary N) is 1. The summed E-state index contributed by atoms with van der Waals surface area (Å²) < 4.78 is 0. The van der Waals surface area contributed by atoms with Gasteiger partial charge in [-0.1, -0.05) is 29.3 Å². The van der Waals surface area contributed by atoms with Gasteiger partial charge in [-0.05, 0) is 12.1 Å². The molecule has 0 unspecified atom stereocenters. The van der Waals surface area contributed by atoms with Crippen LogP contribution < -0.4 is 5.32 Å². The molecule has 0 aliphatic rings. The lowest BCUT2D eigenvalue weighted by molar-refractivity contribution is -0.119.